The van der Waals surface area contributed by atoms with Crippen molar-refractivity contribution < 1.29 is 4.74 Å². The summed E-state index contributed by atoms with van der Waals surface area (Å²) in [4.78, 5) is 0. The third-order valence-electron chi connectivity index (χ3n) is 3.20. The summed E-state index contributed by atoms with van der Waals surface area (Å²) in [6, 6.07) is 14.5. The van der Waals surface area contributed by atoms with Gasteiger partial charge in [-0.15, -0.1) is 0 Å². The Kier molecular flexibility index (Phi) is 5.21. The fourth-order valence-corrected chi connectivity index (χ4v) is 2.73. The predicted molar refractivity (Wildman–Crippen MR) is 87.5 cm³/mol. The van der Waals surface area contributed by atoms with Crippen LogP contribution in [0, 0.1) is 6.92 Å². The zero-order valence-electron chi connectivity index (χ0n) is 12.1. The van der Waals surface area contributed by atoms with Crippen molar-refractivity contribution in [2.45, 2.75) is 26.8 Å². The molecule has 2 aromatic rings. The molecule has 0 saturated carbocycles. The van der Waals surface area contributed by atoms with Gasteiger partial charge in [0, 0.05) is 11.6 Å². The molecule has 0 bridgehead atoms. The van der Waals surface area contributed by atoms with Crippen LogP contribution in [0.4, 0.5) is 0 Å². The van der Waals surface area contributed by atoms with Gasteiger partial charge in [-0.3, -0.25) is 0 Å². The van der Waals surface area contributed by atoms with E-state index < -0.39 is 0 Å². The molecule has 0 heterocycles. The monoisotopic (exact) mass is 333 g/mol. The maximum Gasteiger partial charge on any atom is 0.141 e. The first-order chi connectivity index (χ1) is 9.61. The number of para-hydroxylation sites is 1. The molecule has 2 nitrogen and oxygen atoms in total. The number of hydrogen-bond acceptors (Lipinski definition) is 2. The number of benzene rings is 2. The van der Waals surface area contributed by atoms with E-state index in [0.29, 0.717) is 0 Å². The quantitative estimate of drug-likeness (QED) is 0.809. The molecule has 0 aliphatic heterocycles. The van der Waals surface area contributed by atoms with E-state index in [0.717, 1.165) is 22.5 Å². The van der Waals surface area contributed by atoms with Crippen LogP contribution in [0.5, 0.6) is 11.5 Å². The van der Waals surface area contributed by atoms with Crippen LogP contribution in [0.25, 0.3) is 0 Å². The molecule has 106 valence electrons. The first-order valence-corrected chi connectivity index (χ1v) is 7.67. The Labute approximate surface area is 129 Å². The van der Waals surface area contributed by atoms with E-state index in [1.165, 1.54) is 11.1 Å². The zero-order valence-corrected chi connectivity index (χ0v) is 13.7. The van der Waals surface area contributed by atoms with E-state index in [-0.39, 0.29) is 6.04 Å². The molecule has 2 aromatic carbocycles. The Bertz CT molecular complexity index is 583. The van der Waals surface area contributed by atoms with Crippen LogP contribution in [-0.2, 0) is 0 Å². The highest BCUT2D eigenvalue weighted by atomic mass is 79.9. The number of aryl methyl sites for hydroxylation is 1. The Balaban J connectivity index is 2.29. The average molecular weight is 334 g/mol. The summed E-state index contributed by atoms with van der Waals surface area (Å²) >= 11 is 3.56. The van der Waals surface area contributed by atoms with E-state index in [1.54, 1.807) is 0 Å². The van der Waals surface area contributed by atoms with Crippen LogP contribution >= 0.6 is 15.9 Å². The molecule has 1 N–H and O–H groups in total. The summed E-state index contributed by atoms with van der Waals surface area (Å²) in [5.74, 6) is 1.73. The lowest BCUT2D eigenvalue weighted by atomic mass is 10.1. The van der Waals surface area contributed by atoms with Gasteiger partial charge < -0.3 is 10.1 Å². The Morgan fingerprint density at radius 1 is 1.15 bits per heavy atom. The molecular weight excluding hydrogens is 314 g/mol. The van der Waals surface area contributed by atoms with Crippen LogP contribution in [0.1, 0.15) is 31.0 Å². The van der Waals surface area contributed by atoms with Crippen molar-refractivity contribution >= 4 is 15.9 Å². The molecule has 0 spiro atoms. The number of hydrogen-bond donors (Lipinski definition) is 1. The number of rotatable bonds is 5. The fraction of sp³-hybridized carbons (Fsp3) is 0.294. The molecule has 1 unspecified atom stereocenters. The van der Waals surface area contributed by atoms with E-state index in [2.05, 4.69) is 60.2 Å². The standard InChI is InChI=1S/C17H20BrNO/c1-4-19-13(3)14-7-5-6-8-16(14)20-17-10-9-12(2)11-15(17)18/h5-11,13,19H,4H2,1-3H3. The van der Waals surface area contributed by atoms with Crippen molar-refractivity contribution in [1.29, 1.82) is 0 Å². The summed E-state index contributed by atoms with van der Waals surface area (Å²) in [7, 11) is 0. The van der Waals surface area contributed by atoms with E-state index in [1.807, 2.05) is 24.3 Å². The highest BCUT2D eigenvalue weighted by Crippen LogP contribution is 2.34. The van der Waals surface area contributed by atoms with Gasteiger partial charge >= 0.3 is 0 Å². The highest BCUT2D eigenvalue weighted by molar-refractivity contribution is 9.10. The van der Waals surface area contributed by atoms with Crippen molar-refractivity contribution in [3.8, 4) is 11.5 Å². The molecule has 1 atom stereocenters. The minimum atomic E-state index is 0.264. The molecule has 0 radical (unpaired) electrons. The van der Waals surface area contributed by atoms with Crippen molar-refractivity contribution in [1.82, 2.24) is 5.32 Å². The third-order valence-corrected chi connectivity index (χ3v) is 3.82. The first kappa shape index (κ1) is 15.1. The Morgan fingerprint density at radius 3 is 2.60 bits per heavy atom. The lowest BCUT2D eigenvalue weighted by Gasteiger charge is -2.18. The summed E-state index contributed by atoms with van der Waals surface area (Å²) < 4.78 is 7.05. The number of halogens is 1. The van der Waals surface area contributed by atoms with Gasteiger partial charge in [0.1, 0.15) is 11.5 Å². The molecular formula is C17H20BrNO. The third kappa shape index (κ3) is 3.62. The molecule has 3 heteroatoms. The lowest BCUT2D eigenvalue weighted by Crippen LogP contribution is -2.18. The summed E-state index contributed by atoms with van der Waals surface area (Å²) in [6.45, 7) is 7.26. The summed E-state index contributed by atoms with van der Waals surface area (Å²) in [5.41, 5.74) is 2.38. The predicted octanol–water partition coefficient (Wildman–Crippen LogP) is 5.22. The number of ether oxygens (including phenoxy) is 1. The normalized spacial score (nSPS) is 12.2. The molecule has 0 amide bonds. The molecule has 0 saturated heterocycles. The van der Waals surface area contributed by atoms with Gasteiger partial charge in [-0.2, -0.15) is 0 Å². The van der Waals surface area contributed by atoms with Crippen LogP contribution in [0.2, 0.25) is 0 Å². The topological polar surface area (TPSA) is 21.3 Å². The molecule has 0 aliphatic carbocycles. The minimum absolute atomic E-state index is 0.264. The lowest BCUT2D eigenvalue weighted by molar-refractivity contribution is 0.460. The van der Waals surface area contributed by atoms with E-state index >= 15 is 0 Å². The van der Waals surface area contributed by atoms with Crippen molar-refractivity contribution in [3.05, 3.63) is 58.1 Å². The van der Waals surface area contributed by atoms with Gasteiger partial charge in [-0.1, -0.05) is 31.2 Å². The average Bonchev–Trinajstić information content (AvgIpc) is 2.43. The van der Waals surface area contributed by atoms with Crippen LogP contribution in [0.15, 0.2) is 46.9 Å². The van der Waals surface area contributed by atoms with Crippen molar-refractivity contribution in [2.75, 3.05) is 6.54 Å². The Hall–Kier alpha value is -1.32. The summed E-state index contributed by atoms with van der Waals surface area (Å²) in [6.07, 6.45) is 0. The van der Waals surface area contributed by atoms with Gasteiger partial charge in [-0.25, -0.2) is 0 Å². The maximum absolute atomic E-state index is 6.08. The van der Waals surface area contributed by atoms with Gasteiger partial charge in [0.15, 0.2) is 0 Å². The van der Waals surface area contributed by atoms with Gasteiger partial charge in [0.25, 0.3) is 0 Å². The van der Waals surface area contributed by atoms with Crippen LogP contribution < -0.4 is 10.1 Å². The molecule has 20 heavy (non-hydrogen) atoms. The smallest absolute Gasteiger partial charge is 0.141 e. The summed E-state index contributed by atoms with van der Waals surface area (Å²) in [5, 5.41) is 3.42. The van der Waals surface area contributed by atoms with Crippen molar-refractivity contribution in [2.24, 2.45) is 0 Å². The number of nitrogens with one attached hydrogen (secondary N) is 1. The second-order valence-electron chi connectivity index (χ2n) is 4.85. The molecule has 0 aromatic heterocycles. The van der Waals surface area contributed by atoms with Gasteiger partial charge in [0.05, 0.1) is 4.47 Å². The van der Waals surface area contributed by atoms with Crippen LogP contribution in [-0.4, -0.2) is 6.54 Å². The largest absolute Gasteiger partial charge is 0.456 e. The second kappa shape index (κ2) is 6.91. The molecule has 0 aliphatic rings. The van der Waals surface area contributed by atoms with E-state index in [4.69, 9.17) is 4.74 Å². The Morgan fingerprint density at radius 2 is 1.90 bits per heavy atom. The van der Waals surface area contributed by atoms with E-state index in [9.17, 15) is 0 Å². The fourth-order valence-electron chi connectivity index (χ4n) is 2.15. The first-order valence-electron chi connectivity index (χ1n) is 6.88. The van der Waals surface area contributed by atoms with Crippen LogP contribution in [0.3, 0.4) is 0 Å². The van der Waals surface area contributed by atoms with Gasteiger partial charge in [-0.05, 0) is 60.1 Å². The molecule has 0 fully saturated rings. The zero-order chi connectivity index (χ0) is 14.5. The maximum atomic E-state index is 6.08. The molecule has 2 rings (SSSR count). The minimum Gasteiger partial charge on any atom is -0.456 e. The SMILES string of the molecule is CCNC(C)c1ccccc1Oc1ccc(C)cc1Br. The second-order valence-corrected chi connectivity index (χ2v) is 5.71. The van der Waals surface area contributed by atoms with Gasteiger partial charge in [0.2, 0.25) is 0 Å². The highest BCUT2D eigenvalue weighted by Gasteiger charge is 2.12. The van der Waals surface area contributed by atoms with Crippen molar-refractivity contribution in [3.63, 3.8) is 0 Å².